The summed E-state index contributed by atoms with van der Waals surface area (Å²) in [6.07, 6.45) is -4.84. The predicted octanol–water partition coefficient (Wildman–Crippen LogP) is 3.68. The molecular weight excluding hydrogens is 381 g/mol. The molecule has 0 bridgehead atoms. The number of carbonyl (C=O) groups excluding carboxylic acids is 1. The molecule has 0 aromatic heterocycles. The van der Waals surface area contributed by atoms with Crippen molar-refractivity contribution < 1.29 is 26.4 Å². The first-order chi connectivity index (χ1) is 11.6. The number of halogens is 4. The average Bonchev–Trinajstić information content (AvgIpc) is 2.55. The Morgan fingerprint density at radius 1 is 1.08 bits per heavy atom. The van der Waals surface area contributed by atoms with Crippen LogP contribution in [0.5, 0.6) is 0 Å². The molecule has 5 nitrogen and oxygen atoms in total. The van der Waals surface area contributed by atoms with E-state index in [1.54, 1.807) is 6.07 Å². The standard InChI is InChI=1S/C15H12ClF3N2O3S/c16-9-14(22)20-10-6-7-13(12(8-10)15(17,18)19)21-25(23,24)11-4-2-1-3-5-11/h1-8,21H,9H2,(H,20,22). The van der Waals surface area contributed by atoms with E-state index in [1.165, 1.54) is 24.3 Å². The number of alkyl halides is 4. The van der Waals surface area contributed by atoms with Crippen LogP contribution in [0.15, 0.2) is 53.4 Å². The van der Waals surface area contributed by atoms with Gasteiger partial charge in [-0.25, -0.2) is 8.42 Å². The maximum Gasteiger partial charge on any atom is 0.418 e. The largest absolute Gasteiger partial charge is 0.418 e. The summed E-state index contributed by atoms with van der Waals surface area (Å²) in [6, 6.07) is 9.68. The Kier molecular flexibility index (Phi) is 5.58. The van der Waals surface area contributed by atoms with E-state index in [0.717, 1.165) is 12.1 Å². The molecule has 10 heteroatoms. The molecule has 0 unspecified atom stereocenters. The van der Waals surface area contributed by atoms with Crippen molar-refractivity contribution in [1.82, 2.24) is 0 Å². The molecule has 134 valence electrons. The third-order valence-electron chi connectivity index (χ3n) is 3.03. The van der Waals surface area contributed by atoms with E-state index in [1.807, 2.05) is 4.72 Å². The number of hydrogen-bond donors (Lipinski definition) is 2. The van der Waals surface area contributed by atoms with Gasteiger partial charge in [0.05, 0.1) is 16.1 Å². The Labute approximate surface area is 146 Å². The van der Waals surface area contributed by atoms with E-state index in [-0.39, 0.29) is 10.6 Å². The van der Waals surface area contributed by atoms with Crippen molar-refractivity contribution in [2.75, 3.05) is 15.9 Å². The highest BCUT2D eigenvalue weighted by Crippen LogP contribution is 2.37. The highest BCUT2D eigenvalue weighted by molar-refractivity contribution is 7.92. The maximum absolute atomic E-state index is 13.3. The highest BCUT2D eigenvalue weighted by Gasteiger charge is 2.35. The van der Waals surface area contributed by atoms with Crippen LogP contribution in [0.2, 0.25) is 0 Å². The van der Waals surface area contributed by atoms with Gasteiger partial charge in [-0.1, -0.05) is 18.2 Å². The lowest BCUT2D eigenvalue weighted by atomic mass is 10.1. The van der Waals surface area contributed by atoms with Crippen molar-refractivity contribution in [2.24, 2.45) is 0 Å². The van der Waals surface area contributed by atoms with Crippen LogP contribution < -0.4 is 10.0 Å². The minimum absolute atomic E-state index is 0.152. The van der Waals surface area contributed by atoms with Crippen molar-refractivity contribution in [2.45, 2.75) is 11.1 Å². The van der Waals surface area contributed by atoms with E-state index >= 15 is 0 Å². The molecule has 25 heavy (non-hydrogen) atoms. The monoisotopic (exact) mass is 392 g/mol. The molecular formula is C15H12ClF3N2O3S. The van der Waals surface area contributed by atoms with Crippen molar-refractivity contribution >= 4 is 38.9 Å². The maximum atomic E-state index is 13.3. The van der Waals surface area contributed by atoms with E-state index in [2.05, 4.69) is 5.32 Å². The highest BCUT2D eigenvalue weighted by atomic mass is 35.5. The van der Waals surface area contributed by atoms with Gasteiger partial charge in [0, 0.05) is 5.69 Å². The molecule has 1 amide bonds. The molecule has 0 heterocycles. The summed E-state index contributed by atoms with van der Waals surface area (Å²) >= 11 is 5.29. The molecule has 0 atom stereocenters. The quantitative estimate of drug-likeness (QED) is 0.762. The number of amides is 1. The zero-order valence-corrected chi connectivity index (χ0v) is 14.0. The number of nitrogens with one attached hydrogen (secondary N) is 2. The number of rotatable bonds is 5. The van der Waals surface area contributed by atoms with Crippen molar-refractivity contribution in [3.8, 4) is 0 Å². The zero-order chi connectivity index (χ0) is 18.7. The summed E-state index contributed by atoms with van der Waals surface area (Å²) in [4.78, 5) is 11.0. The van der Waals surface area contributed by atoms with E-state index in [0.29, 0.717) is 6.07 Å². The molecule has 2 N–H and O–H groups in total. The van der Waals surface area contributed by atoms with Crippen LogP contribution in [0, 0.1) is 0 Å². The SMILES string of the molecule is O=C(CCl)Nc1ccc(NS(=O)(=O)c2ccccc2)c(C(F)(F)F)c1. The molecule has 0 spiro atoms. The first-order valence-electron chi connectivity index (χ1n) is 6.78. The van der Waals surface area contributed by atoms with Crippen molar-refractivity contribution in [1.29, 1.82) is 0 Å². The van der Waals surface area contributed by atoms with Crippen LogP contribution >= 0.6 is 11.6 Å². The van der Waals surface area contributed by atoms with Crippen molar-refractivity contribution in [3.63, 3.8) is 0 Å². The van der Waals surface area contributed by atoms with Crippen LogP contribution in [-0.4, -0.2) is 20.2 Å². The Hall–Kier alpha value is -2.26. The molecule has 0 radical (unpaired) electrons. The summed E-state index contributed by atoms with van der Waals surface area (Å²) in [5.41, 5.74) is -2.04. The summed E-state index contributed by atoms with van der Waals surface area (Å²) in [5, 5.41) is 2.18. The molecule has 0 aliphatic carbocycles. The van der Waals surface area contributed by atoms with Gasteiger partial charge in [0.2, 0.25) is 5.91 Å². The zero-order valence-electron chi connectivity index (χ0n) is 12.5. The second-order valence-corrected chi connectivity index (χ2v) is 6.81. The fourth-order valence-corrected chi connectivity index (χ4v) is 3.11. The molecule has 0 saturated carbocycles. The van der Waals surface area contributed by atoms with Crippen LogP contribution in [0.1, 0.15) is 5.56 Å². The summed E-state index contributed by atoms with van der Waals surface area (Å²) in [6.45, 7) is 0. The van der Waals surface area contributed by atoms with Gasteiger partial charge in [0.1, 0.15) is 5.88 Å². The number of sulfonamides is 1. The van der Waals surface area contributed by atoms with Crippen LogP contribution in [0.25, 0.3) is 0 Å². The fourth-order valence-electron chi connectivity index (χ4n) is 1.94. The average molecular weight is 393 g/mol. The Morgan fingerprint density at radius 3 is 2.28 bits per heavy atom. The van der Waals surface area contributed by atoms with Gasteiger partial charge in [-0.2, -0.15) is 13.2 Å². The first kappa shape index (κ1) is 19.1. The Bertz CT molecular complexity index is 871. The van der Waals surface area contributed by atoms with Gasteiger partial charge >= 0.3 is 6.18 Å². The molecule has 0 saturated heterocycles. The number of anilines is 2. The molecule has 2 rings (SSSR count). The molecule has 0 aliphatic rings. The molecule has 2 aromatic carbocycles. The van der Waals surface area contributed by atoms with Crippen LogP contribution in [0.3, 0.4) is 0 Å². The van der Waals surface area contributed by atoms with E-state index in [4.69, 9.17) is 11.6 Å². The summed E-state index contributed by atoms with van der Waals surface area (Å²) in [7, 11) is -4.20. The third-order valence-corrected chi connectivity index (χ3v) is 4.65. The lowest BCUT2D eigenvalue weighted by molar-refractivity contribution is -0.136. The second-order valence-electron chi connectivity index (χ2n) is 4.86. The predicted molar refractivity (Wildman–Crippen MR) is 88.0 cm³/mol. The van der Waals surface area contributed by atoms with E-state index < -0.39 is 39.2 Å². The van der Waals surface area contributed by atoms with Gasteiger partial charge in [-0.15, -0.1) is 11.6 Å². The number of carbonyl (C=O) groups is 1. The number of benzene rings is 2. The normalized spacial score (nSPS) is 11.8. The third kappa shape index (κ3) is 4.86. The van der Waals surface area contributed by atoms with Gasteiger partial charge in [-0.05, 0) is 30.3 Å². The first-order valence-corrected chi connectivity index (χ1v) is 8.80. The van der Waals surface area contributed by atoms with Gasteiger partial charge in [0.15, 0.2) is 0 Å². The van der Waals surface area contributed by atoms with Crippen LogP contribution in [-0.2, 0) is 21.0 Å². The van der Waals surface area contributed by atoms with Gasteiger partial charge in [0.25, 0.3) is 10.0 Å². The lowest BCUT2D eigenvalue weighted by Crippen LogP contribution is -2.18. The minimum Gasteiger partial charge on any atom is -0.325 e. The minimum atomic E-state index is -4.84. The summed E-state index contributed by atoms with van der Waals surface area (Å²) < 4.78 is 66.1. The van der Waals surface area contributed by atoms with Gasteiger partial charge < -0.3 is 5.32 Å². The second kappa shape index (κ2) is 7.32. The summed E-state index contributed by atoms with van der Waals surface area (Å²) in [5.74, 6) is -1.11. The fraction of sp³-hybridized carbons (Fsp3) is 0.133. The molecule has 0 aliphatic heterocycles. The Morgan fingerprint density at radius 2 is 1.72 bits per heavy atom. The molecule has 2 aromatic rings. The van der Waals surface area contributed by atoms with Crippen molar-refractivity contribution in [3.05, 3.63) is 54.1 Å². The number of hydrogen-bond acceptors (Lipinski definition) is 3. The van der Waals surface area contributed by atoms with E-state index in [9.17, 15) is 26.4 Å². The topological polar surface area (TPSA) is 75.3 Å². The Balaban J connectivity index is 2.42. The van der Waals surface area contributed by atoms with Gasteiger partial charge in [-0.3, -0.25) is 9.52 Å². The smallest absolute Gasteiger partial charge is 0.325 e. The molecule has 0 fully saturated rings. The lowest BCUT2D eigenvalue weighted by Gasteiger charge is -2.16. The van der Waals surface area contributed by atoms with Crippen LogP contribution in [0.4, 0.5) is 24.5 Å².